The molecule has 82 valence electrons. The minimum Gasteiger partial charge on any atom is -0.310 e. The maximum absolute atomic E-state index is 4.39. The second kappa shape index (κ2) is 4.85. The van der Waals surface area contributed by atoms with Crippen molar-refractivity contribution in [2.45, 2.75) is 24.1 Å². The van der Waals surface area contributed by atoms with Crippen LogP contribution >= 0.6 is 27.7 Å². The molecule has 0 spiro atoms. The molecule has 1 aliphatic rings. The van der Waals surface area contributed by atoms with E-state index < -0.39 is 0 Å². The van der Waals surface area contributed by atoms with Gasteiger partial charge in [-0.3, -0.25) is 0 Å². The third-order valence-corrected chi connectivity index (χ3v) is 4.63. The minimum absolute atomic E-state index is 0.534. The van der Waals surface area contributed by atoms with Gasteiger partial charge in [-0.1, -0.05) is 6.07 Å². The highest BCUT2D eigenvalue weighted by Gasteiger charge is 2.41. The molecule has 0 aliphatic heterocycles. The zero-order valence-corrected chi connectivity index (χ0v) is 11.2. The van der Waals surface area contributed by atoms with Gasteiger partial charge in [0.25, 0.3) is 0 Å². The van der Waals surface area contributed by atoms with E-state index >= 15 is 0 Å². The average molecular weight is 287 g/mol. The molecule has 1 aliphatic carbocycles. The van der Waals surface area contributed by atoms with E-state index in [4.69, 9.17) is 0 Å². The van der Waals surface area contributed by atoms with E-state index in [2.05, 4.69) is 38.6 Å². The SMILES string of the molecule is CSC1(CNCc2cccc(Br)n2)CC1. The number of rotatable bonds is 5. The van der Waals surface area contributed by atoms with Crippen molar-refractivity contribution in [3.8, 4) is 0 Å². The molecule has 1 aromatic rings. The lowest BCUT2D eigenvalue weighted by Crippen LogP contribution is -2.25. The summed E-state index contributed by atoms with van der Waals surface area (Å²) in [7, 11) is 0. The number of halogens is 1. The molecule has 1 N–H and O–H groups in total. The van der Waals surface area contributed by atoms with Gasteiger partial charge in [-0.2, -0.15) is 11.8 Å². The van der Waals surface area contributed by atoms with Gasteiger partial charge in [0.2, 0.25) is 0 Å². The molecule has 0 amide bonds. The second-order valence-corrected chi connectivity index (χ2v) is 6.03. The molecule has 1 fully saturated rings. The Balaban J connectivity index is 1.78. The lowest BCUT2D eigenvalue weighted by molar-refractivity contribution is 0.652. The van der Waals surface area contributed by atoms with Crippen molar-refractivity contribution in [2.24, 2.45) is 0 Å². The number of nitrogens with zero attached hydrogens (tertiary/aromatic N) is 1. The van der Waals surface area contributed by atoms with E-state index in [1.54, 1.807) is 0 Å². The largest absolute Gasteiger partial charge is 0.310 e. The van der Waals surface area contributed by atoms with Gasteiger partial charge < -0.3 is 5.32 Å². The number of thioether (sulfide) groups is 1. The van der Waals surface area contributed by atoms with Crippen LogP contribution in [0, 0.1) is 0 Å². The number of hydrogen-bond acceptors (Lipinski definition) is 3. The van der Waals surface area contributed by atoms with Gasteiger partial charge in [0.1, 0.15) is 4.60 Å². The Morgan fingerprint density at radius 2 is 2.33 bits per heavy atom. The van der Waals surface area contributed by atoms with E-state index in [0.717, 1.165) is 23.4 Å². The fourth-order valence-electron chi connectivity index (χ4n) is 1.56. The lowest BCUT2D eigenvalue weighted by Gasteiger charge is -2.12. The molecule has 0 radical (unpaired) electrons. The summed E-state index contributed by atoms with van der Waals surface area (Å²) in [5, 5.41) is 3.48. The fraction of sp³-hybridized carbons (Fsp3) is 0.545. The molecular formula is C11H15BrN2S. The Morgan fingerprint density at radius 1 is 1.53 bits per heavy atom. The Hall–Kier alpha value is -0.0600. The number of pyridine rings is 1. The van der Waals surface area contributed by atoms with Crippen molar-refractivity contribution >= 4 is 27.7 Å². The Kier molecular flexibility index (Phi) is 3.69. The topological polar surface area (TPSA) is 24.9 Å². The van der Waals surface area contributed by atoms with E-state index in [9.17, 15) is 0 Å². The van der Waals surface area contributed by atoms with Crippen LogP contribution in [0.4, 0.5) is 0 Å². The number of hydrogen-bond donors (Lipinski definition) is 1. The molecule has 0 bridgehead atoms. The average Bonchev–Trinajstić information content (AvgIpc) is 2.99. The standard InChI is InChI=1S/C11H15BrN2S/c1-15-11(5-6-11)8-13-7-9-3-2-4-10(12)14-9/h2-4,13H,5-8H2,1H3. The van der Waals surface area contributed by atoms with Crippen LogP contribution in [0.15, 0.2) is 22.8 Å². The number of aromatic nitrogens is 1. The maximum Gasteiger partial charge on any atom is 0.106 e. The van der Waals surface area contributed by atoms with Crippen molar-refractivity contribution in [1.82, 2.24) is 10.3 Å². The highest BCUT2D eigenvalue weighted by atomic mass is 79.9. The first-order valence-electron chi connectivity index (χ1n) is 5.11. The number of nitrogens with one attached hydrogen (secondary N) is 1. The third kappa shape index (κ3) is 3.20. The molecule has 1 saturated carbocycles. The summed E-state index contributed by atoms with van der Waals surface area (Å²) in [5.41, 5.74) is 1.10. The Morgan fingerprint density at radius 3 is 2.93 bits per heavy atom. The molecule has 0 atom stereocenters. The van der Waals surface area contributed by atoms with E-state index in [0.29, 0.717) is 4.75 Å². The third-order valence-electron chi connectivity index (χ3n) is 2.77. The van der Waals surface area contributed by atoms with Gasteiger partial charge in [0.05, 0.1) is 5.69 Å². The predicted molar refractivity (Wildman–Crippen MR) is 69.1 cm³/mol. The summed E-state index contributed by atoms with van der Waals surface area (Å²) in [5.74, 6) is 0. The molecule has 0 unspecified atom stereocenters. The summed E-state index contributed by atoms with van der Waals surface area (Å²) in [6.07, 6.45) is 4.91. The normalized spacial score (nSPS) is 17.7. The smallest absolute Gasteiger partial charge is 0.106 e. The Bertz CT molecular complexity index is 339. The van der Waals surface area contributed by atoms with Gasteiger partial charge >= 0.3 is 0 Å². The van der Waals surface area contributed by atoms with Crippen molar-refractivity contribution in [3.63, 3.8) is 0 Å². The van der Waals surface area contributed by atoms with Crippen molar-refractivity contribution < 1.29 is 0 Å². The van der Waals surface area contributed by atoms with Gasteiger partial charge in [0.15, 0.2) is 0 Å². The maximum atomic E-state index is 4.39. The molecule has 0 saturated heterocycles. The van der Waals surface area contributed by atoms with Crippen LogP contribution < -0.4 is 5.32 Å². The van der Waals surface area contributed by atoms with Crippen LogP contribution in [-0.2, 0) is 6.54 Å². The summed E-state index contributed by atoms with van der Waals surface area (Å²) in [6.45, 7) is 1.96. The minimum atomic E-state index is 0.534. The lowest BCUT2D eigenvalue weighted by atomic mass is 10.3. The molecule has 2 rings (SSSR count). The van der Waals surface area contributed by atoms with Crippen molar-refractivity contribution in [2.75, 3.05) is 12.8 Å². The van der Waals surface area contributed by atoms with E-state index in [-0.39, 0.29) is 0 Å². The Labute approximate surface area is 103 Å². The molecule has 0 aromatic carbocycles. The van der Waals surface area contributed by atoms with Crippen molar-refractivity contribution in [1.29, 1.82) is 0 Å². The van der Waals surface area contributed by atoms with Crippen LogP contribution in [0.5, 0.6) is 0 Å². The molecule has 15 heavy (non-hydrogen) atoms. The van der Waals surface area contributed by atoms with Gasteiger partial charge in [-0.05, 0) is 47.2 Å². The second-order valence-electron chi connectivity index (χ2n) is 3.94. The summed E-state index contributed by atoms with van der Waals surface area (Å²) >= 11 is 5.36. The molecular weight excluding hydrogens is 272 g/mol. The molecule has 2 nitrogen and oxygen atoms in total. The van der Waals surface area contributed by atoms with Gasteiger partial charge in [0, 0.05) is 17.8 Å². The van der Waals surface area contributed by atoms with Gasteiger partial charge in [-0.25, -0.2) is 4.98 Å². The van der Waals surface area contributed by atoms with Gasteiger partial charge in [-0.15, -0.1) is 0 Å². The predicted octanol–water partition coefficient (Wildman–Crippen LogP) is 2.83. The monoisotopic (exact) mass is 286 g/mol. The zero-order chi connectivity index (χ0) is 10.7. The highest BCUT2D eigenvalue weighted by Crippen LogP contribution is 2.46. The van der Waals surface area contributed by atoms with E-state index in [1.165, 1.54) is 12.8 Å². The van der Waals surface area contributed by atoms with Crippen LogP contribution in [-0.4, -0.2) is 22.5 Å². The first kappa shape index (κ1) is 11.4. The first-order valence-corrected chi connectivity index (χ1v) is 7.13. The van der Waals surface area contributed by atoms with Crippen LogP contribution in [0.2, 0.25) is 0 Å². The zero-order valence-electron chi connectivity index (χ0n) is 8.79. The first-order chi connectivity index (χ1) is 7.24. The fourth-order valence-corrected chi connectivity index (χ4v) is 2.70. The summed E-state index contributed by atoms with van der Waals surface area (Å²) in [4.78, 5) is 4.39. The van der Waals surface area contributed by atoms with Crippen LogP contribution in [0.25, 0.3) is 0 Å². The summed E-state index contributed by atoms with van der Waals surface area (Å²) < 4.78 is 1.44. The van der Waals surface area contributed by atoms with E-state index in [1.807, 2.05) is 23.9 Å². The quantitative estimate of drug-likeness (QED) is 0.843. The van der Waals surface area contributed by atoms with Crippen molar-refractivity contribution in [3.05, 3.63) is 28.5 Å². The molecule has 4 heteroatoms. The molecule has 1 aromatic heterocycles. The van der Waals surface area contributed by atoms with Crippen LogP contribution in [0.1, 0.15) is 18.5 Å². The highest BCUT2D eigenvalue weighted by molar-refractivity contribution is 9.10. The molecule has 1 heterocycles. The van der Waals surface area contributed by atoms with Crippen LogP contribution in [0.3, 0.4) is 0 Å². The summed E-state index contributed by atoms with van der Waals surface area (Å²) in [6, 6.07) is 6.03.